The van der Waals surface area contributed by atoms with Crippen molar-refractivity contribution in [2.75, 3.05) is 20.3 Å². The molecular formula is C11H24N2O. The molecule has 0 spiro atoms. The molecule has 3 heteroatoms. The van der Waals surface area contributed by atoms with E-state index in [1.54, 1.807) is 7.11 Å². The topological polar surface area (TPSA) is 38.5 Å². The summed E-state index contributed by atoms with van der Waals surface area (Å²) in [5.74, 6) is 0. The van der Waals surface area contributed by atoms with Crippen molar-refractivity contribution in [3.63, 3.8) is 0 Å². The van der Waals surface area contributed by atoms with Crippen molar-refractivity contribution >= 4 is 0 Å². The number of hydrogen-bond donors (Lipinski definition) is 1. The van der Waals surface area contributed by atoms with Gasteiger partial charge in [0.1, 0.15) is 0 Å². The molecule has 3 unspecified atom stereocenters. The van der Waals surface area contributed by atoms with Crippen molar-refractivity contribution in [1.82, 2.24) is 4.90 Å². The average molecular weight is 200 g/mol. The maximum absolute atomic E-state index is 5.98. The molecule has 1 heterocycles. The number of nitrogens with two attached hydrogens (primary N) is 1. The van der Waals surface area contributed by atoms with E-state index in [2.05, 4.69) is 18.7 Å². The lowest BCUT2D eigenvalue weighted by molar-refractivity contribution is 0.131. The molecule has 1 aliphatic rings. The van der Waals surface area contributed by atoms with Crippen LogP contribution < -0.4 is 5.73 Å². The zero-order valence-corrected chi connectivity index (χ0v) is 9.70. The smallest absolute Gasteiger partial charge is 0.0626 e. The Kier molecular flexibility index (Phi) is 4.85. The predicted molar refractivity (Wildman–Crippen MR) is 59.3 cm³/mol. The lowest BCUT2D eigenvalue weighted by Gasteiger charge is -2.30. The maximum Gasteiger partial charge on any atom is 0.0626 e. The summed E-state index contributed by atoms with van der Waals surface area (Å²) in [4.78, 5) is 2.55. The summed E-state index contributed by atoms with van der Waals surface area (Å²) in [5, 5.41) is 0. The third kappa shape index (κ3) is 2.94. The Morgan fingerprint density at radius 1 is 1.50 bits per heavy atom. The first-order chi connectivity index (χ1) is 6.69. The molecule has 1 rings (SSSR count). The molecule has 0 aliphatic carbocycles. The second-order valence-electron chi connectivity index (χ2n) is 4.40. The van der Waals surface area contributed by atoms with Crippen molar-refractivity contribution in [2.45, 2.75) is 51.2 Å². The zero-order chi connectivity index (χ0) is 10.6. The fourth-order valence-corrected chi connectivity index (χ4v) is 2.43. The van der Waals surface area contributed by atoms with Gasteiger partial charge in [0.2, 0.25) is 0 Å². The number of methoxy groups -OCH3 is 1. The van der Waals surface area contributed by atoms with Crippen molar-refractivity contribution in [3.8, 4) is 0 Å². The van der Waals surface area contributed by atoms with E-state index >= 15 is 0 Å². The SMILES string of the molecule is CCC1CCC(C)N1CC(N)COC. The summed E-state index contributed by atoms with van der Waals surface area (Å²) in [5.41, 5.74) is 5.98. The van der Waals surface area contributed by atoms with E-state index < -0.39 is 0 Å². The summed E-state index contributed by atoms with van der Waals surface area (Å²) in [7, 11) is 1.71. The van der Waals surface area contributed by atoms with Crippen LogP contribution in [0, 0.1) is 0 Å². The molecule has 3 nitrogen and oxygen atoms in total. The Balaban J connectivity index is 2.40. The van der Waals surface area contributed by atoms with E-state index in [1.807, 2.05) is 0 Å². The van der Waals surface area contributed by atoms with Crippen LogP contribution in [0.15, 0.2) is 0 Å². The number of ether oxygens (including phenoxy) is 1. The molecule has 0 aromatic rings. The fourth-order valence-electron chi connectivity index (χ4n) is 2.43. The molecule has 0 saturated carbocycles. The van der Waals surface area contributed by atoms with E-state index in [4.69, 9.17) is 10.5 Å². The van der Waals surface area contributed by atoms with E-state index in [0.29, 0.717) is 12.6 Å². The van der Waals surface area contributed by atoms with Gasteiger partial charge < -0.3 is 10.5 Å². The number of likely N-dealkylation sites (tertiary alicyclic amines) is 1. The average Bonchev–Trinajstić information content (AvgIpc) is 2.48. The van der Waals surface area contributed by atoms with Crippen LogP contribution in [-0.2, 0) is 4.74 Å². The monoisotopic (exact) mass is 200 g/mol. The standard InChI is InChI=1S/C11H24N2O/c1-4-11-6-5-9(2)13(11)7-10(12)8-14-3/h9-11H,4-8,12H2,1-3H3. The minimum Gasteiger partial charge on any atom is -0.383 e. The normalized spacial score (nSPS) is 30.9. The lowest BCUT2D eigenvalue weighted by Crippen LogP contribution is -2.45. The Labute approximate surface area is 87.6 Å². The summed E-state index contributed by atoms with van der Waals surface area (Å²) in [6, 6.07) is 1.60. The molecule has 0 aromatic carbocycles. The van der Waals surface area contributed by atoms with Gasteiger partial charge in [-0.25, -0.2) is 0 Å². The highest BCUT2D eigenvalue weighted by molar-refractivity contribution is 4.86. The highest BCUT2D eigenvalue weighted by Gasteiger charge is 2.29. The largest absolute Gasteiger partial charge is 0.383 e. The minimum absolute atomic E-state index is 0.162. The van der Waals surface area contributed by atoms with Crippen molar-refractivity contribution < 1.29 is 4.74 Å². The van der Waals surface area contributed by atoms with Gasteiger partial charge in [-0.1, -0.05) is 6.92 Å². The Morgan fingerprint density at radius 3 is 2.79 bits per heavy atom. The number of hydrogen-bond acceptors (Lipinski definition) is 3. The third-order valence-corrected chi connectivity index (χ3v) is 3.25. The fraction of sp³-hybridized carbons (Fsp3) is 1.00. The minimum atomic E-state index is 0.162. The van der Waals surface area contributed by atoms with Crippen molar-refractivity contribution in [2.24, 2.45) is 5.73 Å². The molecular weight excluding hydrogens is 176 g/mol. The summed E-state index contributed by atoms with van der Waals surface area (Å²) in [6.07, 6.45) is 3.89. The molecule has 3 atom stereocenters. The van der Waals surface area contributed by atoms with Gasteiger partial charge in [0, 0.05) is 31.8 Å². The van der Waals surface area contributed by atoms with Gasteiger partial charge in [0.05, 0.1) is 6.61 Å². The van der Waals surface area contributed by atoms with Crippen LogP contribution in [0.4, 0.5) is 0 Å². The molecule has 14 heavy (non-hydrogen) atoms. The van der Waals surface area contributed by atoms with E-state index in [1.165, 1.54) is 19.3 Å². The molecule has 0 bridgehead atoms. The molecule has 2 N–H and O–H groups in total. The quantitative estimate of drug-likeness (QED) is 0.725. The summed E-state index contributed by atoms with van der Waals surface area (Å²) in [6.45, 7) is 6.21. The van der Waals surface area contributed by atoms with E-state index in [9.17, 15) is 0 Å². The Bertz CT molecular complexity index is 163. The van der Waals surface area contributed by atoms with Crippen LogP contribution >= 0.6 is 0 Å². The molecule has 0 amide bonds. The van der Waals surface area contributed by atoms with Gasteiger partial charge >= 0.3 is 0 Å². The second kappa shape index (κ2) is 5.69. The van der Waals surface area contributed by atoms with Crippen LogP contribution in [0.3, 0.4) is 0 Å². The Morgan fingerprint density at radius 2 is 2.21 bits per heavy atom. The Hall–Kier alpha value is -0.120. The van der Waals surface area contributed by atoms with Crippen molar-refractivity contribution in [1.29, 1.82) is 0 Å². The van der Waals surface area contributed by atoms with Crippen LogP contribution in [0.2, 0.25) is 0 Å². The molecule has 1 fully saturated rings. The van der Waals surface area contributed by atoms with Crippen LogP contribution in [0.5, 0.6) is 0 Å². The first-order valence-electron chi connectivity index (χ1n) is 5.69. The highest BCUT2D eigenvalue weighted by Crippen LogP contribution is 2.25. The first kappa shape index (κ1) is 12.0. The summed E-state index contributed by atoms with van der Waals surface area (Å²) < 4.78 is 5.07. The number of rotatable bonds is 5. The molecule has 0 radical (unpaired) electrons. The van der Waals surface area contributed by atoms with Crippen LogP contribution in [0.25, 0.3) is 0 Å². The predicted octanol–water partition coefficient (Wildman–Crippen LogP) is 1.22. The van der Waals surface area contributed by atoms with Crippen LogP contribution in [0.1, 0.15) is 33.1 Å². The molecule has 1 aliphatic heterocycles. The zero-order valence-electron chi connectivity index (χ0n) is 9.70. The molecule has 84 valence electrons. The lowest BCUT2D eigenvalue weighted by atomic mass is 10.1. The van der Waals surface area contributed by atoms with Gasteiger partial charge in [-0.15, -0.1) is 0 Å². The van der Waals surface area contributed by atoms with Gasteiger partial charge in [-0.2, -0.15) is 0 Å². The third-order valence-electron chi connectivity index (χ3n) is 3.25. The first-order valence-corrected chi connectivity index (χ1v) is 5.69. The maximum atomic E-state index is 5.98. The molecule has 0 aromatic heterocycles. The van der Waals surface area contributed by atoms with E-state index in [-0.39, 0.29) is 6.04 Å². The van der Waals surface area contributed by atoms with Crippen LogP contribution in [-0.4, -0.2) is 43.3 Å². The van der Waals surface area contributed by atoms with Gasteiger partial charge in [-0.3, -0.25) is 4.90 Å². The highest BCUT2D eigenvalue weighted by atomic mass is 16.5. The number of nitrogens with zero attached hydrogens (tertiary/aromatic N) is 1. The second-order valence-corrected chi connectivity index (χ2v) is 4.40. The van der Waals surface area contributed by atoms with Gasteiger partial charge in [-0.05, 0) is 26.2 Å². The van der Waals surface area contributed by atoms with Crippen molar-refractivity contribution in [3.05, 3.63) is 0 Å². The molecule has 1 saturated heterocycles. The van der Waals surface area contributed by atoms with E-state index in [0.717, 1.165) is 12.6 Å². The van der Waals surface area contributed by atoms with Gasteiger partial charge in [0.25, 0.3) is 0 Å². The van der Waals surface area contributed by atoms with Gasteiger partial charge in [0.15, 0.2) is 0 Å². The summed E-state index contributed by atoms with van der Waals surface area (Å²) >= 11 is 0.